The molecule has 0 saturated carbocycles. The maximum absolute atomic E-state index is 13.3. The Balaban J connectivity index is 1.29. The van der Waals surface area contributed by atoms with Crippen LogP contribution in [0.15, 0.2) is 84.9 Å². The van der Waals surface area contributed by atoms with Gasteiger partial charge < -0.3 is 21.3 Å². The van der Waals surface area contributed by atoms with Gasteiger partial charge in [-0.15, -0.1) is 0 Å². The molecule has 0 spiro atoms. The largest absolute Gasteiger partial charge is 0.369 e. The molecular weight excluding hydrogens is 540 g/mol. The molecule has 0 atom stereocenters. The molecule has 0 aromatic heterocycles. The van der Waals surface area contributed by atoms with Crippen LogP contribution in [0.3, 0.4) is 0 Å². The minimum atomic E-state index is -0.302. The standard InChI is InChI=1S/C34H38N6O3/c1-37(2)34(43)39(20-5-21-40-32(41)29-8-3-6-26-7-4-9-30(31(26)29)33(40)42)28-16-12-25(13-17-28)24-10-14-27(15-11-24)38(22-18-35)23-19-36/h3-4,6-17H,5,18-23,35-36H2,1-2H3. The molecule has 222 valence electrons. The maximum Gasteiger partial charge on any atom is 0.323 e. The van der Waals surface area contributed by atoms with E-state index in [1.807, 2.05) is 48.5 Å². The van der Waals surface area contributed by atoms with Gasteiger partial charge in [-0.2, -0.15) is 0 Å². The third kappa shape index (κ3) is 6.09. The molecule has 0 fully saturated rings. The summed E-state index contributed by atoms with van der Waals surface area (Å²) in [5.74, 6) is -0.603. The fourth-order valence-corrected chi connectivity index (χ4v) is 5.63. The molecule has 4 aromatic rings. The summed E-state index contributed by atoms with van der Waals surface area (Å²) in [6.45, 7) is 3.14. The minimum absolute atomic E-state index is 0.177. The van der Waals surface area contributed by atoms with Gasteiger partial charge in [0.05, 0.1) is 0 Å². The second-order valence-electron chi connectivity index (χ2n) is 10.8. The summed E-state index contributed by atoms with van der Waals surface area (Å²) < 4.78 is 0. The lowest BCUT2D eigenvalue weighted by atomic mass is 9.94. The van der Waals surface area contributed by atoms with E-state index in [-0.39, 0.29) is 24.4 Å². The quantitative estimate of drug-likeness (QED) is 0.255. The summed E-state index contributed by atoms with van der Waals surface area (Å²) in [6.07, 6.45) is 0.431. The predicted molar refractivity (Wildman–Crippen MR) is 173 cm³/mol. The highest BCUT2D eigenvalue weighted by Crippen LogP contribution is 2.30. The van der Waals surface area contributed by atoms with Crippen molar-refractivity contribution in [2.24, 2.45) is 11.5 Å². The maximum atomic E-state index is 13.3. The summed E-state index contributed by atoms with van der Waals surface area (Å²) in [5, 5.41) is 1.58. The van der Waals surface area contributed by atoms with Crippen molar-refractivity contribution in [2.45, 2.75) is 6.42 Å². The van der Waals surface area contributed by atoms with Crippen molar-refractivity contribution in [3.05, 3.63) is 96.1 Å². The van der Waals surface area contributed by atoms with E-state index in [1.54, 1.807) is 31.1 Å². The second kappa shape index (κ2) is 13.1. The number of nitrogens with zero attached hydrogens (tertiary/aromatic N) is 4. The Morgan fingerprint density at radius 2 is 1.21 bits per heavy atom. The van der Waals surface area contributed by atoms with Crippen molar-refractivity contribution in [3.8, 4) is 11.1 Å². The second-order valence-corrected chi connectivity index (χ2v) is 10.8. The van der Waals surface area contributed by atoms with Gasteiger partial charge in [-0.1, -0.05) is 48.5 Å². The van der Waals surface area contributed by atoms with E-state index in [4.69, 9.17) is 11.5 Å². The van der Waals surface area contributed by atoms with Gasteiger partial charge in [0.15, 0.2) is 0 Å². The van der Waals surface area contributed by atoms with E-state index in [0.29, 0.717) is 42.6 Å². The molecule has 0 saturated heterocycles. The van der Waals surface area contributed by atoms with Gasteiger partial charge >= 0.3 is 6.03 Å². The topological polar surface area (TPSA) is 116 Å². The van der Waals surface area contributed by atoms with Gasteiger partial charge in [0.1, 0.15) is 0 Å². The molecule has 4 N–H and O–H groups in total. The Morgan fingerprint density at radius 1 is 0.698 bits per heavy atom. The summed E-state index contributed by atoms with van der Waals surface area (Å²) >= 11 is 0. The van der Waals surface area contributed by atoms with Crippen LogP contribution in [-0.2, 0) is 0 Å². The number of hydrogen-bond acceptors (Lipinski definition) is 6. The molecule has 1 aliphatic heterocycles. The van der Waals surface area contributed by atoms with E-state index in [0.717, 1.165) is 41.0 Å². The number of rotatable bonds is 11. The number of imide groups is 1. The van der Waals surface area contributed by atoms with Crippen LogP contribution in [0.1, 0.15) is 27.1 Å². The Bertz CT molecular complexity index is 1560. The number of benzene rings is 4. The van der Waals surface area contributed by atoms with E-state index in [1.165, 1.54) is 9.80 Å². The molecule has 4 amide bonds. The molecule has 0 bridgehead atoms. The van der Waals surface area contributed by atoms with Crippen molar-refractivity contribution >= 4 is 40.0 Å². The van der Waals surface area contributed by atoms with Crippen LogP contribution in [-0.4, -0.2) is 81.0 Å². The van der Waals surface area contributed by atoms with Crippen LogP contribution < -0.4 is 21.3 Å². The van der Waals surface area contributed by atoms with Crippen molar-refractivity contribution < 1.29 is 14.4 Å². The molecule has 4 aromatic carbocycles. The van der Waals surface area contributed by atoms with Crippen LogP contribution in [0.4, 0.5) is 16.2 Å². The molecule has 9 heteroatoms. The van der Waals surface area contributed by atoms with Gasteiger partial charge in [-0.25, -0.2) is 4.79 Å². The third-order valence-corrected chi connectivity index (χ3v) is 7.78. The molecule has 0 aliphatic carbocycles. The summed E-state index contributed by atoms with van der Waals surface area (Å²) in [5.41, 5.74) is 16.5. The number of urea groups is 1. The first-order valence-corrected chi connectivity index (χ1v) is 14.6. The Morgan fingerprint density at radius 3 is 1.70 bits per heavy atom. The fourth-order valence-electron chi connectivity index (χ4n) is 5.63. The van der Waals surface area contributed by atoms with Crippen LogP contribution in [0.25, 0.3) is 21.9 Å². The Labute approximate surface area is 252 Å². The lowest BCUT2D eigenvalue weighted by molar-refractivity contribution is 0.0610. The molecule has 9 nitrogen and oxygen atoms in total. The van der Waals surface area contributed by atoms with E-state index >= 15 is 0 Å². The Hall–Kier alpha value is -4.73. The molecule has 43 heavy (non-hydrogen) atoms. The van der Waals surface area contributed by atoms with E-state index < -0.39 is 0 Å². The van der Waals surface area contributed by atoms with Crippen molar-refractivity contribution in [1.29, 1.82) is 0 Å². The molecule has 1 heterocycles. The van der Waals surface area contributed by atoms with Crippen LogP contribution >= 0.6 is 0 Å². The zero-order chi connectivity index (χ0) is 30.5. The number of anilines is 2. The average Bonchev–Trinajstić information content (AvgIpc) is 3.03. The van der Waals surface area contributed by atoms with Gasteiger partial charge in [0.2, 0.25) is 0 Å². The zero-order valence-electron chi connectivity index (χ0n) is 24.7. The first-order chi connectivity index (χ1) is 20.8. The number of amides is 4. The smallest absolute Gasteiger partial charge is 0.323 e. The highest BCUT2D eigenvalue weighted by atomic mass is 16.2. The number of hydrogen-bond donors (Lipinski definition) is 2. The summed E-state index contributed by atoms with van der Waals surface area (Å²) in [4.78, 5) is 46.5. The molecule has 0 radical (unpaired) electrons. The number of carbonyl (C=O) groups excluding carboxylic acids is 3. The summed E-state index contributed by atoms with van der Waals surface area (Å²) in [6, 6.07) is 26.9. The Kier molecular flexibility index (Phi) is 9.04. The monoisotopic (exact) mass is 578 g/mol. The van der Waals surface area contributed by atoms with Gasteiger partial charge in [0, 0.05) is 81.3 Å². The van der Waals surface area contributed by atoms with Crippen LogP contribution in [0, 0.1) is 0 Å². The molecule has 1 aliphatic rings. The molecule has 0 unspecified atom stereocenters. The minimum Gasteiger partial charge on any atom is -0.369 e. The van der Waals surface area contributed by atoms with E-state index in [9.17, 15) is 14.4 Å². The first-order valence-electron chi connectivity index (χ1n) is 14.6. The molecule has 5 rings (SSSR count). The first kappa shape index (κ1) is 29.8. The number of nitrogens with two attached hydrogens (primary N) is 2. The van der Waals surface area contributed by atoms with Crippen molar-refractivity contribution in [2.75, 3.05) is 63.2 Å². The van der Waals surface area contributed by atoms with Crippen molar-refractivity contribution in [1.82, 2.24) is 9.80 Å². The highest BCUT2D eigenvalue weighted by molar-refractivity contribution is 6.25. The van der Waals surface area contributed by atoms with Crippen LogP contribution in [0.2, 0.25) is 0 Å². The zero-order valence-corrected chi connectivity index (χ0v) is 24.7. The summed E-state index contributed by atoms with van der Waals surface area (Å²) in [7, 11) is 3.41. The lowest BCUT2D eigenvalue weighted by Crippen LogP contribution is -2.44. The fraction of sp³-hybridized carbons (Fsp3) is 0.265. The predicted octanol–water partition coefficient (Wildman–Crippen LogP) is 4.40. The van der Waals surface area contributed by atoms with Crippen molar-refractivity contribution in [3.63, 3.8) is 0 Å². The SMILES string of the molecule is CN(C)C(=O)N(CCCN1C(=O)c2cccc3cccc(c23)C1=O)c1ccc(-c2ccc(N(CCN)CCN)cc2)cc1. The van der Waals surface area contributed by atoms with Gasteiger partial charge in [-0.3, -0.25) is 19.4 Å². The third-order valence-electron chi connectivity index (χ3n) is 7.78. The van der Waals surface area contributed by atoms with Crippen LogP contribution in [0.5, 0.6) is 0 Å². The number of carbonyl (C=O) groups is 3. The van der Waals surface area contributed by atoms with Gasteiger partial charge in [-0.05, 0) is 59.3 Å². The highest BCUT2D eigenvalue weighted by Gasteiger charge is 2.32. The van der Waals surface area contributed by atoms with Gasteiger partial charge in [0.25, 0.3) is 11.8 Å². The molecular formula is C34H38N6O3. The normalized spacial score (nSPS) is 12.5. The van der Waals surface area contributed by atoms with E-state index in [2.05, 4.69) is 29.2 Å². The lowest BCUT2D eigenvalue weighted by Gasteiger charge is -2.29. The average molecular weight is 579 g/mol.